The number of ether oxygens (including phenoxy) is 2. The first kappa shape index (κ1) is 23.4. The molecule has 180 valence electrons. The van der Waals surface area contributed by atoms with Gasteiger partial charge >= 0.3 is 0 Å². The lowest BCUT2D eigenvalue weighted by Gasteiger charge is -2.23. The first-order valence-corrected chi connectivity index (χ1v) is 12.6. The highest BCUT2D eigenvalue weighted by Crippen LogP contribution is 2.39. The van der Waals surface area contributed by atoms with Crippen LogP contribution in [0.3, 0.4) is 0 Å². The third-order valence-corrected chi connectivity index (χ3v) is 7.35. The van der Waals surface area contributed by atoms with Gasteiger partial charge in [-0.3, -0.25) is 9.69 Å². The van der Waals surface area contributed by atoms with Gasteiger partial charge in [0.2, 0.25) is 0 Å². The number of rotatable bonds is 8. The van der Waals surface area contributed by atoms with Crippen LogP contribution in [-0.2, 0) is 6.42 Å². The minimum atomic E-state index is 0.0559. The molecule has 3 aromatic carbocycles. The zero-order valence-electron chi connectivity index (χ0n) is 20.6. The van der Waals surface area contributed by atoms with Crippen LogP contribution in [0.2, 0.25) is 0 Å². The molecule has 0 spiro atoms. The Balaban J connectivity index is 1.39. The van der Waals surface area contributed by atoms with Crippen molar-refractivity contribution < 1.29 is 14.3 Å². The molecule has 1 saturated heterocycles. The van der Waals surface area contributed by atoms with E-state index in [9.17, 15) is 4.79 Å². The molecular weight excluding hydrogens is 434 g/mol. The topological polar surface area (TPSA) is 38.8 Å². The number of benzene rings is 3. The van der Waals surface area contributed by atoms with Crippen LogP contribution in [0.25, 0.3) is 11.1 Å². The zero-order chi connectivity index (χ0) is 24.2. The summed E-state index contributed by atoms with van der Waals surface area (Å²) in [5.41, 5.74) is 5.91. The van der Waals surface area contributed by atoms with Gasteiger partial charge in [0, 0.05) is 23.7 Å². The Morgan fingerprint density at radius 2 is 1.69 bits per heavy atom. The van der Waals surface area contributed by atoms with Gasteiger partial charge < -0.3 is 9.47 Å². The molecule has 1 fully saturated rings. The van der Waals surface area contributed by atoms with E-state index in [0.29, 0.717) is 18.2 Å². The van der Waals surface area contributed by atoms with Gasteiger partial charge in [-0.25, -0.2) is 0 Å². The Kier molecular flexibility index (Phi) is 7.01. The lowest BCUT2D eigenvalue weighted by molar-refractivity contribution is 0.105. The van der Waals surface area contributed by atoms with Crippen LogP contribution in [0.15, 0.2) is 72.8 Å². The number of hydrogen-bond acceptors (Lipinski definition) is 4. The normalized spacial score (nSPS) is 17.8. The predicted octanol–water partition coefficient (Wildman–Crippen LogP) is 6.30. The van der Waals surface area contributed by atoms with Crippen molar-refractivity contribution in [3.8, 4) is 11.5 Å². The van der Waals surface area contributed by atoms with Gasteiger partial charge in [-0.15, -0.1) is 0 Å². The number of nitrogens with zero attached hydrogens (tertiary/aromatic N) is 1. The molecule has 0 N–H and O–H groups in total. The van der Waals surface area contributed by atoms with Crippen LogP contribution in [0.4, 0.5) is 0 Å². The number of allylic oxidation sites excluding steroid dienone is 2. The zero-order valence-corrected chi connectivity index (χ0v) is 20.6. The number of carbonyl (C=O) groups excluding carboxylic acids is 1. The van der Waals surface area contributed by atoms with E-state index in [-0.39, 0.29) is 5.78 Å². The van der Waals surface area contributed by atoms with Gasteiger partial charge in [0.15, 0.2) is 5.78 Å². The van der Waals surface area contributed by atoms with Crippen molar-refractivity contribution in [3.63, 3.8) is 0 Å². The van der Waals surface area contributed by atoms with E-state index in [1.165, 1.54) is 18.4 Å². The maximum Gasteiger partial charge on any atom is 0.193 e. The fourth-order valence-corrected chi connectivity index (χ4v) is 5.32. The molecule has 1 unspecified atom stereocenters. The molecule has 0 bridgehead atoms. The van der Waals surface area contributed by atoms with Gasteiger partial charge in [0.05, 0.1) is 7.11 Å². The van der Waals surface area contributed by atoms with Crippen LogP contribution in [-0.4, -0.2) is 43.5 Å². The van der Waals surface area contributed by atoms with E-state index in [2.05, 4.69) is 24.0 Å². The van der Waals surface area contributed by atoms with Crippen molar-refractivity contribution in [2.75, 3.05) is 26.8 Å². The van der Waals surface area contributed by atoms with E-state index in [0.717, 1.165) is 59.7 Å². The van der Waals surface area contributed by atoms with Gasteiger partial charge in [-0.2, -0.15) is 0 Å². The molecule has 0 aromatic heterocycles. The molecule has 1 heterocycles. The summed E-state index contributed by atoms with van der Waals surface area (Å²) in [6.45, 7) is 5.05. The third kappa shape index (κ3) is 5.03. The van der Waals surface area contributed by atoms with Crippen molar-refractivity contribution >= 4 is 16.9 Å². The Hall–Kier alpha value is -3.37. The van der Waals surface area contributed by atoms with Gasteiger partial charge in [0.25, 0.3) is 0 Å². The summed E-state index contributed by atoms with van der Waals surface area (Å²) in [7, 11) is 1.67. The Bertz CT molecular complexity index is 1210. The van der Waals surface area contributed by atoms with Crippen LogP contribution in [0, 0.1) is 0 Å². The van der Waals surface area contributed by atoms with Gasteiger partial charge in [-0.1, -0.05) is 36.4 Å². The SMILES string of the molecule is COc1ccc(C2=C(C(=O)c3ccc(OCCN4CCCC4C)cc3)c3ccccc3CC2)cc1. The van der Waals surface area contributed by atoms with Gasteiger partial charge in [0.1, 0.15) is 18.1 Å². The van der Waals surface area contributed by atoms with E-state index >= 15 is 0 Å². The van der Waals surface area contributed by atoms with Crippen molar-refractivity contribution in [2.45, 2.75) is 38.6 Å². The highest BCUT2D eigenvalue weighted by molar-refractivity contribution is 6.35. The minimum Gasteiger partial charge on any atom is -0.497 e. The van der Waals surface area contributed by atoms with Crippen molar-refractivity contribution in [3.05, 3.63) is 95.1 Å². The van der Waals surface area contributed by atoms with E-state index in [1.807, 2.05) is 60.7 Å². The van der Waals surface area contributed by atoms with Crippen LogP contribution in [0.1, 0.15) is 53.2 Å². The lowest BCUT2D eigenvalue weighted by atomic mass is 9.79. The molecule has 1 atom stereocenters. The number of likely N-dealkylation sites (tertiary alicyclic amines) is 1. The minimum absolute atomic E-state index is 0.0559. The van der Waals surface area contributed by atoms with Crippen molar-refractivity contribution in [1.29, 1.82) is 0 Å². The maximum atomic E-state index is 13.9. The maximum absolute atomic E-state index is 13.9. The molecule has 1 aliphatic heterocycles. The van der Waals surface area contributed by atoms with E-state index < -0.39 is 0 Å². The Morgan fingerprint density at radius 1 is 0.943 bits per heavy atom. The molecule has 0 radical (unpaired) electrons. The number of carbonyl (C=O) groups is 1. The van der Waals surface area contributed by atoms with Crippen LogP contribution < -0.4 is 9.47 Å². The summed E-state index contributed by atoms with van der Waals surface area (Å²) in [4.78, 5) is 16.4. The highest BCUT2D eigenvalue weighted by atomic mass is 16.5. The predicted molar refractivity (Wildman–Crippen MR) is 141 cm³/mol. The number of hydrogen-bond donors (Lipinski definition) is 0. The summed E-state index contributed by atoms with van der Waals surface area (Å²) in [6, 6.07) is 24.6. The number of ketones is 1. The standard InChI is InChI=1S/C31H33NO3/c1-22-6-5-19-32(22)20-21-35-27-16-11-25(12-17-27)31(33)30-28-8-4-3-7-23(28)13-18-29(30)24-9-14-26(34-2)15-10-24/h3-4,7-12,14-17,22H,5-6,13,18-21H2,1-2H3. The number of Topliss-reactive ketones (excluding diaryl/α,β-unsaturated/α-hetero) is 1. The van der Waals surface area contributed by atoms with Crippen molar-refractivity contribution in [1.82, 2.24) is 4.90 Å². The molecule has 35 heavy (non-hydrogen) atoms. The fourth-order valence-electron chi connectivity index (χ4n) is 5.32. The van der Waals surface area contributed by atoms with Crippen molar-refractivity contribution in [2.24, 2.45) is 0 Å². The summed E-state index contributed by atoms with van der Waals surface area (Å²) >= 11 is 0. The second kappa shape index (κ2) is 10.5. The number of fused-ring (bicyclic) bond motifs is 1. The molecule has 2 aliphatic rings. The smallest absolute Gasteiger partial charge is 0.193 e. The molecule has 4 heteroatoms. The van der Waals surface area contributed by atoms with E-state index in [1.54, 1.807) is 7.11 Å². The first-order valence-electron chi connectivity index (χ1n) is 12.6. The summed E-state index contributed by atoms with van der Waals surface area (Å²) < 4.78 is 11.3. The second-order valence-corrected chi connectivity index (χ2v) is 9.47. The Morgan fingerprint density at radius 3 is 2.40 bits per heavy atom. The largest absolute Gasteiger partial charge is 0.497 e. The van der Waals surface area contributed by atoms with Gasteiger partial charge in [-0.05, 0) is 97.8 Å². The number of methoxy groups -OCH3 is 1. The quantitative estimate of drug-likeness (QED) is 0.365. The fraction of sp³-hybridized carbons (Fsp3) is 0.323. The highest BCUT2D eigenvalue weighted by Gasteiger charge is 2.26. The first-order chi connectivity index (χ1) is 17.1. The monoisotopic (exact) mass is 467 g/mol. The Labute approximate surface area is 208 Å². The molecule has 4 nitrogen and oxygen atoms in total. The summed E-state index contributed by atoms with van der Waals surface area (Å²) in [5, 5.41) is 0. The average Bonchev–Trinajstić information content (AvgIpc) is 3.32. The third-order valence-electron chi connectivity index (χ3n) is 7.35. The molecule has 5 rings (SSSR count). The molecule has 0 saturated carbocycles. The second-order valence-electron chi connectivity index (χ2n) is 9.47. The summed E-state index contributed by atoms with van der Waals surface area (Å²) in [5.74, 6) is 1.68. The van der Waals surface area contributed by atoms with E-state index in [4.69, 9.17) is 9.47 Å². The molecule has 3 aromatic rings. The van der Waals surface area contributed by atoms with Crippen LogP contribution in [0.5, 0.6) is 11.5 Å². The van der Waals surface area contributed by atoms with Crippen LogP contribution >= 0.6 is 0 Å². The average molecular weight is 468 g/mol. The lowest BCUT2D eigenvalue weighted by Crippen LogP contribution is -2.31. The molecule has 1 aliphatic carbocycles. The number of aryl methyl sites for hydroxylation is 1. The molecular formula is C31H33NO3. The molecule has 0 amide bonds. The summed E-state index contributed by atoms with van der Waals surface area (Å²) in [6.07, 6.45) is 4.31.